The fraction of sp³-hybridized carbons (Fsp3) is 0.619. The molecule has 4 rings (SSSR count). The number of rotatable bonds is 3. The molecule has 2 heterocycles. The molecule has 4 nitrogen and oxygen atoms in total. The second-order valence-corrected chi connectivity index (χ2v) is 7.97. The van der Waals surface area contributed by atoms with Crippen molar-refractivity contribution in [3.05, 3.63) is 35.6 Å². The minimum absolute atomic E-state index is 0.0153. The van der Waals surface area contributed by atoms with Crippen LogP contribution in [-0.4, -0.2) is 41.2 Å². The Morgan fingerprint density at radius 3 is 2.08 bits per heavy atom. The zero-order valence-electron chi connectivity index (χ0n) is 15.2. The second kappa shape index (κ2) is 7.37. The summed E-state index contributed by atoms with van der Waals surface area (Å²) in [5.74, 6) is 0.526. The van der Waals surface area contributed by atoms with Crippen LogP contribution in [0.2, 0.25) is 0 Å². The molecule has 5 heteroatoms. The van der Waals surface area contributed by atoms with E-state index < -0.39 is 0 Å². The zero-order valence-corrected chi connectivity index (χ0v) is 15.2. The summed E-state index contributed by atoms with van der Waals surface area (Å²) in [7, 11) is 0. The van der Waals surface area contributed by atoms with Crippen molar-refractivity contribution in [2.75, 3.05) is 19.6 Å². The molecule has 0 aromatic heterocycles. The summed E-state index contributed by atoms with van der Waals surface area (Å²) in [6, 6.07) is 6.61. The Hall–Kier alpha value is -1.91. The monoisotopic (exact) mass is 358 g/mol. The van der Waals surface area contributed by atoms with E-state index in [1.807, 2.05) is 9.80 Å². The summed E-state index contributed by atoms with van der Waals surface area (Å²) in [6.45, 7) is 2.20. The van der Waals surface area contributed by atoms with Gasteiger partial charge in [-0.05, 0) is 56.2 Å². The first-order valence-corrected chi connectivity index (χ1v) is 9.98. The number of carbonyl (C=O) groups excluding carboxylic acids is 2. The minimum Gasteiger partial charge on any atom is -0.342 e. The van der Waals surface area contributed by atoms with Gasteiger partial charge in [0, 0.05) is 31.5 Å². The number of piperidine rings is 1. The lowest BCUT2D eigenvalue weighted by atomic mass is 9.83. The molecule has 1 aromatic rings. The summed E-state index contributed by atoms with van der Waals surface area (Å²) >= 11 is 0. The van der Waals surface area contributed by atoms with Crippen molar-refractivity contribution >= 4 is 11.8 Å². The van der Waals surface area contributed by atoms with Crippen LogP contribution in [0.1, 0.15) is 56.6 Å². The third-order valence-corrected chi connectivity index (χ3v) is 6.40. The number of likely N-dealkylation sites (tertiary alicyclic amines) is 2. The molecule has 3 fully saturated rings. The van der Waals surface area contributed by atoms with E-state index in [9.17, 15) is 14.0 Å². The van der Waals surface area contributed by atoms with E-state index in [-0.39, 0.29) is 29.6 Å². The van der Waals surface area contributed by atoms with Crippen LogP contribution in [0.3, 0.4) is 0 Å². The number of halogens is 1. The smallest absolute Gasteiger partial charge is 0.226 e. The van der Waals surface area contributed by atoms with Gasteiger partial charge in [0.1, 0.15) is 5.82 Å². The highest BCUT2D eigenvalue weighted by atomic mass is 19.1. The fourth-order valence-corrected chi connectivity index (χ4v) is 4.56. The predicted octanol–water partition coefficient (Wildman–Crippen LogP) is 3.53. The summed E-state index contributed by atoms with van der Waals surface area (Å²) in [5.41, 5.74) is 1.02. The quantitative estimate of drug-likeness (QED) is 0.829. The number of amides is 2. The third-order valence-electron chi connectivity index (χ3n) is 6.40. The van der Waals surface area contributed by atoms with Crippen LogP contribution in [0.25, 0.3) is 0 Å². The molecule has 26 heavy (non-hydrogen) atoms. The Morgan fingerprint density at radius 1 is 0.808 bits per heavy atom. The fourth-order valence-electron chi connectivity index (χ4n) is 4.56. The summed E-state index contributed by atoms with van der Waals surface area (Å²) in [6.07, 6.45) is 6.71. The van der Waals surface area contributed by atoms with Gasteiger partial charge in [-0.1, -0.05) is 18.6 Å². The first-order valence-electron chi connectivity index (χ1n) is 9.98. The molecule has 0 N–H and O–H groups in total. The van der Waals surface area contributed by atoms with Crippen molar-refractivity contribution < 1.29 is 14.0 Å². The molecular formula is C21H27FN2O2. The molecule has 2 aliphatic heterocycles. The molecule has 1 aromatic carbocycles. The van der Waals surface area contributed by atoms with Crippen molar-refractivity contribution in [2.45, 2.75) is 51.0 Å². The highest BCUT2D eigenvalue weighted by Gasteiger charge is 2.37. The topological polar surface area (TPSA) is 40.6 Å². The van der Waals surface area contributed by atoms with Gasteiger partial charge in [-0.3, -0.25) is 9.59 Å². The highest BCUT2D eigenvalue weighted by Crippen LogP contribution is 2.35. The normalized spacial score (nSPS) is 24.6. The molecule has 0 radical (unpaired) electrons. The van der Waals surface area contributed by atoms with Crippen LogP contribution in [0.5, 0.6) is 0 Å². The van der Waals surface area contributed by atoms with Crippen LogP contribution in [-0.2, 0) is 9.59 Å². The third kappa shape index (κ3) is 3.36. The molecule has 1 atom stereocenters. The molecule has 1 aliphatic carbocycles. The molecular weight excluding hydrogens is 331 g/mol. The highest BCUT2D eigenvalue weighted by molar-refractivity contribution is 5.82. The van der Waals surface area contributed by atoms with E-state index >= 15 is 0 Å². The molecule has 0 bridgehead atoms. The average Bonchev–Trinajstić information content (AvgIpc) is 3.10. The number of hydrogen-bond acceptors (Lipinski definition) is 2. The Labute approximate surface area is 154 Å². The maximum Gasteiger partial charge on any atom is 0.226 e. The molecule has 0 spiro atoms. The van der Waals surface area contributed by atoms with Gasteiger partial charge in [0.15, 0.2) is 0 Å². The second-order valence-electron chi connectivity index (χ2n) is 7.97. The Kier molecular flexibility index (Phi) is 4.96. The van der Waals surface area contributed by atoms with Crippen molar-refractivity contribution in [2.24, 2.45) is 11.8 Å². The Morgan fingerprint density at radius 2 is 1.46 bits per heavy atom. The number of benzene rings is 1. The summed E-state index contributed by atoms with van der Waals surface area (Å²) < 4.78 is 13.2. The van der Waals surface area contributed by atoms with E-state index in [2.05, 4.69) is 0 Å². The first-order chi connectivity index (χ1) is 12.6. The van der Waals surface area contributed by atoms with Crippen molar-refractivity contribution in [3.63, 3.8) is 0 Å². The predicted molar refractivity (Wildman–Crippen MR) is 96.7 cm³/mol. The Balaban J connectivity index is 1.36. The van der Waals surface area contributed by atoms with E-state index in [1.54, 1.807) is 12.1 Å². The largest absolute Gasteiger partial charge is 0.342 e. The lowest BCUT2D eigenvalue weighted by Crippen LogP contribution is -2.46. The van der Waals surface area contributed by atoms with Gasteiger partial charge in [-0.25, -0.2) is 4.39 Å². The molecule has 1 saturated carbocycles. The molecule has 140 valence electrons. The Bertz CT molecular complexity index is 663. The molecule has 3 aliphatic rings. The van der Waals surface area contributed by atoms with E-state index in [4.69, 9.17) is 0 Å². The van der Waals surface area contributed by atoms with Gasteiger partial charge < -0.3 is 9.80 Å². The minimum atomic E-state index is -0.242. The number of carbonyl (C=O) groups is 2. The van der Waals surface area contributed by atoms with Gasteiger partial charge in [0.2, 0.25) is 11.8 Å². The van der Waals surface area contributed by atoms with Crippen LogP contribution in [0.15, 0.2) is 24.3 Å². The average molecular weight is 358 g/mol. The van der Waals surface area contributed by atoms with E-state index in [0.29, 0.717) is 19.0 Å². The van der Waals surface area contributed by atoms with E-state index in [1.165, 1.54) is 18.6 Å². The van der Waals surface area contributed by atoms with Gasteiger partial charge >= 0.3 is 0 Å². The van der Waals surface area contributed by atoms with Crippen LogP contribution in [0, 0.1) is 17.7 Å². The van der Waals surface area contributed by atoms with Crippen molar-refractivity contribution in [3.8, 4) is 0 Å². The summed E-state index contributed by atoms with van der Waals surface area (Å²) in [4.78, 5) is 29.4. The maximum absolute atomic E-state index is 13.2. The van der Waals surface area contributed by atoms with E-state index in [0.717, 1.165) is 50.6 Å². The first kappa shape index (κ1) is 17.5. The molecule has 2 saturated heterocycles. The lowest BCUT2D eigenvalue weighted by Gasteiger charge is -2.38. The van der Waals surface area contributed by atoms with Gasteiger partial charge in [-0.15, -0.1) is 0 Å². The van der Waals surface area contributed by atoms with Gasteiger partial charge in [-0.2, -0.15) is 0 Å². The maximum atomic E-state index is 13.2. The van der Waals surface area contributed by atoms with Gasteiger partial charge in [0.25, 0.3) is 0 Å². The van der Waals surface area contributed by atoms with Crippen LogP contribution in [0.4, 0.5) is 4.39 Å². The van der Waals surface area contributed by atoms with Crippen LogP contribution >= 0.6 is 0 Å². The van der Waals surface area contributed by atoms with Crippen LogP contribution < -0.4 is 0 Å². The number of hydrogen-bond donors (Lipinski definition) is 0. The molecule has 2 amide bonds. The SMILES string of the molecule is O=C(C1CCC1)N1CCC(C(=O)N2CCCC2c2ccc(F)cc2)CC1. The summed E-state index contributed by atoms with van der Waals surface area (Å²) in [5, 5.41) is 0. The molecule has 1 unspecified atom stereocenters. The standard InChI is InChI=1S/C21H27FN2O2/c22-18-8-6-15(7-9-18)19-5-2-12-24(19)21(26)17-10-13-23(14-11-17)20(25)16-3-1-4-16/h6-9,16-17,19H,1-5,10-14H2. The zero-order chi connectivity index (χ0) is 18.1. The van der Waals surface area contributed by atoms with Gasteiger partial charge in [0.05, 0.1) is 6.04 Å². The van der Waals surface area contributed by atoms with Crippen molar-refractivity contribution in [1.29, 1.82) is 0 Å². The lowest BCUT2D eigenvalue weighted by molar-refractivity contribution is -0.144. The number of nitrogens with zero attached hydrogens (tertiary/aromatic N) is 2. The van der Waals surface area contributed by atoms with Crippen molar-refractivity contribution in [1.82, 2.24) is 9.80 Å².